The molecular formula is C24H23F2N5O2. The van der Waals surface area contributed by atoms with Gasteiger partial charge in [0.1, 0.15) is 5.82 Å². The van der Waals surface area contributed by atoms with E-state index in [9.17, 15) is 18.4 Å². The summed E-state index contributed by atoms with van der Waals surface area (Å²) in [6, 6.07) is 7.46. The van der Waals surface area contributed by atoms with Gasteiger partial charge in [0.05, 0.1) is 11.9 Å². The van der Waals surface area contributed by atoms with Crippen molar-refractivity contribution in [3.8, 4) is 11.3 Å². The number of pyridine rings is 1. The highest BCUT2D eigenvalue weighted by Gasteiger charge is 2.59. The molecule has 170 valence electrons. The van der Waals surface area contributed by atoms with Gasteiger partial charge in [-0.3, -0.25) is 19.1 Å². The van der Waals surface area contributed by atoms with Crippen molar-refractivity contribution in [3.05, 3.63) is 75.8 Å². The molecule has 3 aromatic rings. The van der Waals surface area contributed by atoms with Gasteiger partial charge in [-0.1, -0.05) is 6.07 Å². The lowest BCUT2D eigenvalue weighted by Gasteiger charge is -2.26. The molecule has 1 aromatic carbocycles. The van der Waals surface area contributed by atoms with E-state index in [2.05, 4.69) is 9.97 Å². The molecule has 0 radical (unpaired) electrons. The molecule has 2 aromatic heterocycles. The minimum atomic E-state index is -0.545. The zero-order valence-electron chi connectivity index (χ0n) is 18.5. The summed E-state index contributed by atoms with van der Waals surface area (Å²) < 4.78 is 29.5. The Hall–Kier alpha value is -3.62. The summed E-state index contributed by atoms with van der Waals surface area (Å²) in [5.74, 6) is -0.216. The fourth-order valence-corrected chi connectivity index (χ4v) is 4.84. The van der Waals surface area contributed by atoms with Crippen molar-refractivity contribution >= 4 is 11.9 Å². The number of carbonyl (C=O) groups is 1. The molecule has 2 aliphatic rings. The lowest BCUT2D eigenvalue weighted by atomic mass is 10.1. The molecule has 9 heteroatoms. The van der Waals surface area contributed by atoms with Gasteiger partial charge in [0.15, 0.2) is 5.82 Å². The van der Waals surface area contributed by atoms with Crippen LogP contribution in [0.25, 0.3) is 11.3 Å². The number of hydrogen-bond acceptors (Lipinski definition) is 5. The van der Waals surface area contributed by atoms with Crippen LogP contribution in [0.2, 0.25) is 0 Å². The molecule has 1 saturated carbocycles. The second kappa shape index (κ2) is 7.75. The van der Waals surface area contributed by atoms with Crippen LogP contribution < -0.4 is 10.5 Å². The van der Waals surface area contributed by atoms with Gasteiger partial charge in [0.2, 0.25) is 5.95 Å². The van der Waals surface area contributed by atoms with Crippen LogP contribution in [0.15, 0.2) is 47.5 Å². The second-order valence-corrected chi connectivity index (χ2v) is 8.80. The molecule has 5 rings (SSSR count). The van der Waals surface area contributed by atoms with E-state index < -0.39 is 5.82 Å². The molecule has 1 aliphatic heterocycles. The van der Waals surface area contributed by atoms with E-state index in [1.54, 1.807) is 31.0 Å². The summed E-state index contributed by atoms with van der Waals surface area (Å²) in [5.41, 5.74) is 1.03. The van der Waals surface area contributed by atoms with E-state index in [0.29, 0.717) is 30.2 Å². The average Bonchev–Trinajstić information content (AvgIpc) is 3.29. The van der Waals surface area contributed by atoms with E-state index in [1.807, 2.05) is 11.9 Å². The predicted octanol–water partition coefficient (Wildman–Crippen LogP) is 2.64. The van der Waals surface area contributed by atoms with Crippen molar-refractivity contribution in [1.82, 2.24) is 19.4 Å². The quantitative estimate of drug-likeness (QED) is 0.610. The normalized spacial score (nSPS) is 21.1. The number of piperidine rings is 1. The Morgan fingerprint density at radius 1 is 1.12 bits per heavy atom. The lowest BCUT2D eigenvalue weighted by Crippen LogP contribution is -2.38. The number of benzene rings is 1. The molecule has 1 unspecified atom stereocenters. The van der Waals surface area contributed by atoms with Crippen LogP contribution in [-0.4, -0.2) is 51.5 Å². The van der Waals surface area contributed by atoms with Crippen molar-refractivity contribution in [2.45, 2.75) is 13.0 Å². The minimum Gasteiger partial charge on any atom is -0.342 e. The summed E-state index contributed by atoms with van der Waals surface area (Å²) in [6.07, 6.45) is 2.55. The van der Waals surface area contributed by atoms with Crippen molar-refractivity contribution < 1.29 is 13.6 Å². The van der Waals surface area contributed by atoms with Crippen LogP contribution in [0, 0.1) is 30.4 Å². The van der Waals surface area contributed by atoms with E-state index in [1.165, 1.54) is 29.0 Å². The first-order chi connectivity index (χ1) is 15.8. The monoisotopic (exact) mass is 451 g/mol. The minimum absolute atomic E-state index is 0.111. The number of halogens is 2. The molecule has 1 saturated heterocycles. The van der Waals surface area contributed by atoms with Gasteiger partial charge in [0, 0.05) is 68.5 Å². The molecular weight excluding hydrogens is 428 g/mol. The van der Waals surface area contributed by atoms with Crippen LogP contribution in [0.1, 0.15) is 15.9 Å². The van der Waals surface area contributed by atoms with Crippen LogP contribution in [0.5, 0.6) is 0 Å². The summed E-state index contributed by atoms with van der Waals surface area (Å²) in [7, 11) is 3.49. The zero-order valence-corrected chi connectivity index (χ0v) is 18.5. The average molecular weight is 451 g/mol. The van der Waals surface area contributed by atoms with Crippen molar-refractivity contribution in [3.63, 3.8) is 0 Å². The van der Waals surface area contributed by atoms with E-state index in [4.69, 9.17) is 0 Å². The molecule has 1 aliphatic carbocycles. The van der Waals surface area contributed by atoms with Gasteiger partial charge in [-0.05, 0) is 30.7 Å². The number of aromatic nitrogens is 3. The topological polar surface area (TPSA) is 71.3 Å². The third-order valence-electron chi connectivity index (χ3n) is 6.78. The molecule has 3 heterocycles. The molecule has 2 fully saturated rings. The number of likely N-dealkylation sites (tertiary alicyclic amines) is 1. The van der Waals surface area contributed by atoms with Crippen LogP contribution in [-0.2, 0) is 7.05 Å². The van der Waals surface area contributed by atoms with Crippen molar-refractivity contribution in [1.29, 1.82) is 0 Å². The Morgan fingerprint density at radius 2 is 1.85 bits per heavy atom. The number of amides is 1. The smallest absolute Gasteiger partial charge is 0.255 e. The van der Waals surface area contributed by atoms with Gasteiger partial charge in [-0.25, -0.2) is 13.8 Å². The first kappa shape index (κ1) is 21.2. The number of fused-ring (bicyclic) bond motifs is 1. The summed E-state index contributed by atoms with van der Waals surface area (Å²) >= 11 is 0. The molecule has 1 amide bonds. The Kier molecular flexibility index (Phi) is 4.99. The third kappa shape index (κ3) is 3.57. The molecule has 0 N–H and O–H groups in total. The van der Waals surface area contributed by atoms with Crippen molar-refractivity contribution in [2.24, 2.45) is 18.9 Å². The number of hydrogen-bond donors (Lipinski definition) is 0. The summed E-state index contributed by atoms with van der Waals surface area (Å²) in [4.78, 5) is 37.4. The number of anilines is 1. The Balaban J connectivity index is 1.34. The summed E-state index contributed by atoms with van der Waals surface area (Å²) in [6.45, 7) is 2.77. The van der Waals surface area contributed by atoms with Crippen molar-refractivity contribution in [2.75, 3.05) is 25.0 Å². The third-order valence-corrected chi connectivity index (χ3v) is 6.78. The van der Waals surface area contributed by atoms with E-state index >= 15 is 0 Å². The molecule has 33 heavy (non-hydrogen) atoms. The van der Waals surface area contributed by atoms with Gasteiger partial charge >= 0.3 is 0 Å². The fraction of sp³-hybridized carbons (Fsp3) is 0.333. The predicted molar refractivity (Wildman–Crippen MR) is 119 cm³/mol. The first-order valence-electron chi connectivity index (χ1n) is 10.7. The largest absolute Gasteiger partial charge is 0.342 e. The highest BCUT2D eigenvalue weighted by atomic mass is 19.1. The van der Waals surface area contributed by atoms with Gasteiger partial charge in [-0.15, -0.1) is 0 Å². The SMILES string of the molecule is Cc1ccc(C(=O)N2C[C@@H]3C(N(C)c4nc(-c5ccncc5F)cc(=O)n4C)[C@@H]3C2)cc1F. The number of rotatable bonds is 4. The van der Waals surface area contributed by atoms with Gasteiger partial charge in [-0.2, -0.15) is 0 Å². The highest BCUT2D eigenvalue weighted by molar-refractivity contribution is 5.94. The Bertz CT molecular complexity index is 1310. The number of nitrogens with zero attached hydrogens (tertiary/aromatic N) is 5. The maximum Gasteiger partial charge on any atom is 0.255 e. The number of aryl methyl sites for hydroxylation is 1. The maximum atomic E-state index is 14.2. The zero-order chi connectivity index (χ0) is 23.4. The van der Waals surface area contributed by atoms with Crippen LogP contribution in [0.3, 0.4) is 0 Å². The molecule has 3 atom stereocenters. The van der Waals surface area contributed by atoms with Gasteiger partial charge in [0.25, 0.3) is 11.5 Å². The maximum absolute atomic E-state index is 14.2. The number of carbonyl (C=O) groups excluding carboxylic acids is 1. The first-order valence-corrected chi connectivity index (χ1v) is 10.7. The summed E-state index contributed by atoms with van der Waals surface area (Å²) in [5, 5.41) is 0. The van der Waals surface area contributed by atoms with E-state index in [0.717, 1.165) is 6.20 Å². The lowest BCUT2D eigenvalue weighted by molar-refractivity contribution is 0.0772. The molecule has 7 nitrogen and oxygen atoms in total. The van der Waals surface area contributed by atoms with Crippen LogP contribution in [0.4, 0.5) is 14.7 Å². The second-order valence-electron chi connectivity index (χ2n) is 8.80. The Labute approximate surface area is 189 Å². The fourth-order valence-electron chi connectivity index (χ4n) is 4.84. The molecule has 0 bridgehead atoms. The van der Waals surface area contributed by atoms with E-state index in [-0.39, 0.29) is 46.4 Å². The highest BCUT2D eigenvalue weighted by Crippen LogP contribution is 2.49. The standard InChI is InChI=1S/C24H23F2N5O2/c1-13-4-5-14(8-18(13)25)23(33)31-11-16-17(12-31)22(16)30(3)24-28-20(9-21(32)29(24)2)15-6-7-27-10-19(15)26/h4-10,16-17,22H,11-12H2,1-3H3/t16-,17+,22?. The van der Waals surface area contributed by atoms with Gasteiger partial charge < -0.3 is 9.80 Å². The Morgan fingerprint density at radius 3 is 2.52 bits per heavy atom. The van der Waals surface area contributed by atoms with Crippen LogP contribution >= 0.6 is 0 Å². The molecule has 0 spiro atoms.